The van der Waals surface area contributed by atoms with Crippen LogP contribution in [-0.4, -0.2) is 15.9 Å². The maximum Gasteiger partial charge on any atom is 0.261 e. The van der Waals surface area contributed by atoms with Crippen LogP contribution in [0.25, 0.3) is 0 Å². The molecular formula is C12H15N3OS. The first-order valence-electron chi connectivity index (χ1n) is 5.57. The number of thiophene rings is 1. The predicted molar refractivity (Wildman–Crippen MR) is 68.1 cm³/mol. The lowest BCUT2D eigenvalue weighted by atomic mass is 10.2. The first kappa shape index (κ1) is 11.9. The molecule has 0 aromatic carbocycles. The van der Waals surface area contributed by atoms with Crippen LogP contribution in [0.4, 0.5) is 0 Å². The molecule has 1 atom stereocenters. The third-order valence-corrected chi connectivity index (χ3v) is 3.53. The number of rotatable bonds is 4. The van der Waals surface area contributed by atoms with Crippen LogP contribution < -0.4 is 5.32 Å². The minimum absolute atomic E-state index is 0.0358. The fraction of sp³-hybridized carbons (Fsp3) is 0.333. The molecule has 0 spiro atoms. The second-order valence-corrected chi connectivity index (χ2v) is 5.11. The third kappa shape index (κ3) is 2.74. The summed E-state index contributed by atoms with van der Waals surface area (Å²) in [6, 6.07) is 3.75. The van der Waals surface area contributed by atoms with E-state index in [9.17, 15) is 4.79 Å². The highest BCUT2D eigenvalue weighted by Crippen LogP contribution is 2.17. The number of carbonyl (C=O) groups is 1. The van der Waals surface area contributed by atoms with E-state index in [0.717, 1.165) is 22.0 Å². The van der Waals surface area contributed by atoms with E-state index in [2.05, 4.69) is 15.3 Å². The van der Waals surface area contributed by atoms with Crippen LogP contribution in [0.2, 0.25) is 0 Å². The molecule has 17 heavy (non-hydrogen) atoms. The summed E-state index contributed by atoms with van der Waals surface area (Å²) in [5.74, 6) is 0.764. The van der Waals surface area contributed by atoms with E-state index in [-0.39, 0.29) is 11.9 Å². The summed E-state index contributed by atoms with van der Waals surface area (Å²) in [5.41, 5.74) is 0. The number of H-pyrrole nitrogens is 1. The zero-order valence-electron chi connectivity index (χ0n) is 9.86. The molecule has 0 saturated heterocycles. The molecule has 90 valence electrons. The molecule has 0 fully saturated rings. The fourth-order valence-electron chi connectivity index (χ4n) is 1.62. The number of nitrogens with one attached hydrogen (secondary N) is 2. The zero-order valence-corrected chi connectivity index (χ0v) is 10.7. The van der Waals surface area contributed by atoms with Gasteiger partial charge in [0.2, 0.25) is 0 Å². The molecule has 2 N–H and O–H groups in total. The van der Waals surface area contributed by atoms with E-state index in [1.54, 1.807) is 12.4 Å². The minimum Gasteiger partial charge on any atom is -0.347 e. The molecule has 1 amide bonds. The highest BCUT2D eigenvalue weighted by molar-refractivity contribution is 7.13. The van der Waals surface area contributed by atoms with Crippen LogP contribution >= 0.6 is 11.3 Å². The quantitative estimate of drug-likeness (QED) is 0.875. The maximum atomic E-state index is 12.0. The van der Waals surface area contributed by atoms with E-state index in [1.165, 1.54) is 11.3 Å². The van der Waals surface area contributed by atoms with Crippen LogP contribution in [0, 0.1) is 6.92 Å². The smallest absolute Gasteiger partial charge is 0.261 e. The Balaban J connectivity index is 2.07. The number of aromatic nitrogens is 2. The Morgan fingerprint density at radius 2 is 2.41 bits per heavy atom. The Bertz CT molecular complexity index is 490. The molecule has 4 nitrogen and oxygen atoms in total. The van der Waals surface area contributed by atoms with Crippen molar-refractivity contribution < 1.29 is 4.79 Å². The summed E-state index contributed by atoms with van der Waals surface area (Å²) in [4.78, 5) is 21.1. The van der Waals surface area contributed by atoms with E-state index in [1.807, 2.05) is 26.0 Å². The highest BCUT2D eigenvalue weighted by Gasteiger charge is 2.16. The van der Waals surface area contributed by atoms with Gasteiger partial charge in [-0.1, -0.05) is 6.92 Å². The van der Waals surface area contributed by atoms with Crippen LogP contribution in [-0.2, 0) is 0 Å². The molecule has 2 aromatic rings. The van der Waals surface area contributed by atoms with E-state index < -0.39 is 0 Å². The van der Waals surface area contributed by atoms with Crippen molar-refractivity contribution in [2.75, 3.05) is 0 Å². The van der Waals surface area contributed by atoms with Gasteiger partial charge in [0.1, 0.15) is 5.82 Å². The number of carbonyl (C=O) groups excluding carboxylic acids is 1. The molecule has 1 unspecified atom stereocenters. The molecule has 0 radical (unpaired) electrons. The van der Waals surface area contributed by atoms with Gasteiger partial charge < -0.3 is 10.3 Å². The summed E-state index contributed by atoms with van der Waals surface area (Å²) >= 11 is 1.50. The molecule has 2 aromatic heterocycles. The van der Waals surface area contributed by atoms with Gasteiger partial charge in [-0.15, -0.1) is 11.3 Å². The van der Waals surface area contributed by atoms with Gasteiger partial charge in [-0.05, 0) is 25.5 Å². The molecular weight excluding hydrogens is 234 g/mol. The average Bonchev–Trinajstić information content (AvgIpc) is 2.96. The Morgan fingerprint density at radius 1 is 1.59 bits per heavy atom. The van der Waals surface area contributed by atoms with Crippen LogP contribution in [0.3, 0.4) is 0 Å². The van der Waals surface area contributed by atoms with Crippen LogP contribution in [0.1, 0.15) is 39.8 Å². The fourth-order valence-corrected chi connectivity index (χ4v) is 2.39. The summed E-state index contributed by atoms with van der Waals surface area (Å²) in [6.45, 7) is 4.01. The standard InChI is InChI=1S/C12H15N3OS/c1-3-9(11-13-6-7-14-11)15-12(16)10-5-4-8(2)17-10/h4-7,9H,3H2,1-2H3,(H,13,14)(H,15,16). The van der Waals surface area contributed by atoms with Crippen molar-refractivity contribution in [3.05, 3.63) is 40.1 Å². The number of aromatic amines is 1. The molecule has 0 aliphatic carbocycles. The van der Waals surface area contributed by atoms with Crippen molar-refractivity contribution in [2.24, 2.45) is 0 Å². The van der Waals surface area contributed by atoms with Crippen molar-refractivity contribution in [3.8, 4) is 0 Å². The van der Waals surface area contributed by atoms with Gasteiger partial charge >= 0.3 is 0 Å². The number of imidazole rings is 1. The Labute approximate surface area is 104 Å². The molecule has 0 saturated carbocycles. The van der Waals surface area contributed by atoms with Crippen molar-refractivity contribution >= 4 is 17.2 Å². The molecule has 2 rings (SSSR count). The second-order valence-electron chi connectivity index (χ2n) is 3.82. The summed E-state index contributed by atoms with van der Waals surface area (Å²) in [6.07, 6.45) is 4.27. The Kier molecular flexibility index (Phi) is 3.58. The van der Waals surface area contributed by atoms with E-state index >= 15 is 0 Å². The Morgan fingerprint density at radius 3 is 2.94 bits per heavy atom. The third-order valence-electron chi connectivity index (χ3n) is 2.53. The van der Waals surface area contributed by atoms with E-state index in [0.29, 0.717) is 0 Å². The molecule has 5 heteroatoms. The molecule has 0 bridgehead atoms. The lowest BCUT2D eigenvalue weighted by molar-refractivity contribution is 0.0938. The van der Waals surface area contributed by atoms with Gasteiger partial charge in [0.05, 0.1) is 10.9 Å². The van der Waals surface area contributed by atoms with Crippen molar-refractivity contribution in [1.29, 1.82) is 0 Å². The summed E-state index contributed by atoms with van der Waals surface area (Å²) in [7, 11) is 0. The van der Waals surface area contributed by atoms with Crippen molar-refractivity contribution in [1.82, 2.24) is 15.3 Å². The van der Waals surface area contributed by atoms with E-state index in [4.69, 9.17) is 0 Å². The summed E-state index contributed by atoms with van der Waals surface area (Å²) < 4.78 is 0. The predicted octanol–water partition coefficient (Wildman–Crippen LogP) is 2.66. The maximum absolute atomic E-state index is 12.0. The van der Waals surface area contributed by atoms with Crippen molar-refractivity contribution in [2.45, 2.75) is 26.3 Å². The average molecular weight is 249 g/mol. The molecule has 0 aliphatic rings. The monoisotopic (exact) mass is 249 g/mol. The largest absolute Gasteiger partial charge is 0.347 e. The lowest BCUT2D eigenvalue weighted by Gasteiger charge is -2.13. The van der Waals surface area contributed by atoms with Gasteiger partial charge in [0.25, 0.3) is 5.91 Å². The molecule has 2 heterocycles. The first-order valence-corrected chi connectivity index (χ1v) is 6.39. The number of hydrogen-bond donors (Lipinski definition) is 2. The van der Waals surface area contributed by atoms with Crippen LogP contribution in [0.15, 0.2) is 24.5 Å². The number of nitrogens with zero attached hydrogens (tertiary/aromatic N) is 1. The van der Waals surface area contributed by atoms with Gasteiger partial charge in [-0.2, -0.15) is 0 Å². The van der Waals surface area contributed by atoms with Gasteiger partial charge in [0.15, 0.2) is 0 Å². The zero-order chi connectivity index (χ0) is 12.3. The first-order chi connectivity index (χ1) is 8.20. The SMILES string of the molecule is CCC(NC(=O)c1ccc(C)s1)c1ncc[nH]1. The van der Waals surface area contributed by atoms with Gasteiger partial charge in [-0.3, -0.25) is 4.79 Å². The number of amides is 1. The van der Waals surface area contributed by atoms with Crippen LogP contribution in [0.5, 0.6) is 0 Å². The van der Waals surface area contributed by atoms with Gasteiger partial charge in [0, 0.05) is 17.3 Å². The topological polar surface area (TPSA) is 57.8 Å². The highest BCUT2D eigenvalue weighted by atomic mass is 32.1. The number of aryl methyl sites for hydroxylation is 1. The Hall–Kier alpha value is -1.62. The van der Waals surface area contributed by atoms with Gasteiger partial charge in [-0.25, -0.2) is 4.98 Å². The molecule has 0 aliphatic heterocycles. The van der Waals surface area contributed by atoms with Crippen molar-refractivity contribution in [3.63, 3.8) is 0 Å². The summed E-state index contributed by atoms with van der Waals surface area (Å²) in [5, 5.41) is 2.98. The number of hydrogen-bond acceptors (Lipinski definition) is 3. The lowest BCUT2D eigenvalue weighted by Crippen LogP contribution is -2.28. The normalized spacial score (nSPS) is 12.4. The minimum atomic E-state index is -0.0556. The second kappa shape index (κ2) is 5.14.